The van der Waals surface area contributed by atoms with Gasteiger partial charge in [-0.25, -0.2) is 9.59 Å². The summed E-state index contributed by atoms with van der Waals surface area (Å²) in [4.78, 5) is 100. The van der Waals surface area contributed by atoms with Crippen LogP contribution in [0.1, 0.15) is 57.9 Å². The number of urea groups is 1. The Hall–Kier alpha value is -6.17. The number of nitrogens with one attached hydrogen (secondary N) is 2. The second kappa shape index (κ2) is 20.0. The molecule has 0 fully saturated rings. The Balaban J connectivity index is 1.58. The number of anilines is 1. The fourth-order valence-corrected chi connectivity index (χ4v) is 5.25. The number of nitrogens with zero attached hydrogens (tertiary/aromatic N) is 3. The van der Waals surface area contributed by atoms with Gasteiger partial charge in [-0.2, -0.15) is 0 Å². The SMILES string of the molecule is CC(C)[C@H](NC(=O)CCCCCN1C(=O)C=CC1=O)C(=O)NC(=O)[C@H](CCCN)N(C(N)=O)c1ccc(COC(=O)Oc2ccc([N+](=O)[O-])cc2)cc1. The number of primary amides is 1. The molecule has 53 heavy (non-hydrogen) atoms. The molecule has 2 aromatic carbocycles. The van der Waals surface area contributed by atoms with Crippen molar-refractivity contribution < 1.29 is 48.0 Å². The smallest absolute Gasteiger partial charge is 0.429 e. The van der Waals surface area contributed by atoms with E-state index < -0.39 is 52.8 Å². The topological polar surface area (TPSA) is 264 Å². The van der Waals surface area contributed by atoms with Crippen LogP contribution in [0, 0.1) is 16.0 Å². The molecule has 0 aromatic heterocycles. The molecule has 0 unspecified atom stereocenters. The Kier molecular flexibility index (Phi) is 15.6. The van der Waals surface area contributed by atoms with Gasteiger partial charge in [0.2, 0.25) is 17.7 Å². The molecule has 18 heteroatoms. The van der Waals surface area contributed by atoms with Gasteiger partial charge in [-0.15, -0.1) is 0 Å². The van der Waals surface area contributed by atoms with E-state index in [0.29, 0.717) is 31.2 Å². The molecule has 0 spiro atoms. The van der Waals surface area contributed by atoms with Crippen LogP contribution in [-0.4, -0.2) is 76.7 Å². The van der Waals surface area contributed by atoms with E-state index >= 15 is 0 Å². The molecule has 1 aliphatic heterocycles. The molecular weight excluding hydrogens is 694 g/mol. The lowest BCUT2D eigenvalue weighted by Gasteiger charge is -2.30. The molecule has 0 aliphatic carbocycles. The Morgan fingerprint density at radius 2 is 1.55 bits per heavy atom. The summed E-state index contributed by atoms with van der Waals surface area (Å²) in [6, 6.07) is 7.44. The lowest BCUT2D eigenvalue weighted by molar-refractivity contribution is -0.384. The third kappa shape index (κ3) is 12.5. The molecule has 3 rings (SSSR count). The number of non-ortho nitro benzene ring substituents is 1. The number of nitro groups is 1. The molecule has 2 atom stereocenters. The van der Waals surface area contributed by atoms with E-state index in [1.54, 1.807) is 13.8 Å². The van der Waals surface area contributed by atoms with Crippen molar-refractivity contribution in [2.75, 3.05) is 18.0 Å². The van der Waals surface area contributed by atoms with E-state index in [9.17, 15) is 43.7 Å². The number of benzene rings is 2. The van der Waals surface area contributed by atoms with Crippen molar-refractivity contribution in [3.63, 3.8) is 0 Å². The zero-order valence-electron chi connectivity index (χ0n) is 29.4. The Morgan fingerprint density at radius 1 is 0.906 bits per heavy atom. The number of amides is 7. The van der Waals surface area contributed by atoms with Gasteiger partial charge in [-0.05, 0) is 68.0 Å². The van der Waals surface area contributed by atoms with E-state index in [0.717, 1.165) is 9.80 Å². The Labute approximate surface area is 304 Å². The second-order valence-corrected chi connectivity index (χ2v) is 12.3. The third-order valence-corrected chi connectivity index (χ3v) is 8.05. The van der Waals surface area contributed by atoms with Gasteiger partial charge in [-0.1, -0.05) is 32.4 Å². The molecule has 2 aromatic rings. The molecule has 1 aliphatic rings. The normalized spacial score (nSPS) is 13.3. The Bertz CT molecular complexity index is 1680. The van der Waals surface area contributed by atoms with Gasteiger partial charge < -0.3 is 26.3 Å². The third-order valence-electron chi connectivity index (χ3n) is 8.05. The van der Waals surface area contributed by atoms with Crippen LogP contribution in [0.5, 0.6) is 5.75 Å². The van der Waals surface area contributed by atoms with Gasteiger partial charge in [0, 0.05) is 42.9 Å². The number of unbranched alkanes of at least 4 members (excludes halogenated alkanes) is 2. The van der Waals surface area contributed by atoms with Crippen molar-refractivity contribution in [2.24, 2.45) is 17.4 Å². The number of carbonyl (C=O) groups excluding carboxylic acids is 7. The second-order valence-electron chi connectivity index (χ2n) is 12.3. The molecule has 0 saturated heterocycles. The fourth-order valence-electron chi connectivity index (χ4n) is 5.25. The van der Waals surface area contributed by atoms with Crippen molar-refractivity contribution in [2.45, 2.75) is 71.1 Å². The lowest BCUT2D eigenvalue weighted by Crippen LogP contribution is -2.57. The predicted molar refractivity (Wildman–Crippen MR) is 189 cm³/mol. The van der Waals surface area contributed by atoms with E-state index in [-0.39, 0.29) is 61.5 Å². The van der Waals surface area contributed by atoms with Crippen LogP contribution in [0.2, 0.25) is 0 Å². The minimum atomic E-state index is -1.26. The first-order chi connectivity index (χ1) is 25.2. The highest BCUT2D eigenvalue weighted by Crippen LogP contribution is 2.22. The summed E-state index contributed by atoms with van der Waals surface area (Å²) in [7, 11) is 0. The lowest BCUT2D eigenvalue weighted by atomic mass is 10.0. The molecule has 284 valence electrons. The number of nitro benzene ring substituents is 1. The molecule has 0 saturated carbocycles. The van der Waals surface area contributed by atoms with Gasteiger partial charge in [0.15, 0.2) is 0 Å². The quantitative estimate of drug-likeness (QED) is 0.0405. The maximum atomic E-state index is 13.5. The molecule has 0 bridgehead atoms. The van der Waals surface area contributed by atoms with Crippen molar-refractivity contribution in [1.29, 1.82) is 0 Å². The van der Waals surface area contributed by atoms with Crippen LogP contribution >= 0.6 is 0 Å². The summed E-state index contributed by atoms with van der Waals surface area (Å²) in [6.07, 6.45) is 3.25. The van der Waals surface area contributed by atoms with Gasteiger partial charge in [0.1, 0.15) is 24.4 Å². The minimum absolute atomic E-state index is 0.0354. The minimum Gasteiger partial charge on any atom is -0.429 e. The number of imide groups is 2. The monoisotopic (exact) mass is 737 g/mol. The summed E-state index contributed by atoms with van der Waals surface area (Å²) in [5.74, 6) is -3.18. The summed E-state index contributed by atoms with van der Waals surface area (Å²) >= 11 is 0. The van der Waals surface area contributed by atoms with Crippen LogP contribution in [-0.2, 0) is 35.3 Å². The van der Waals surface area contributed by atoms with Crippen molar-refractivity contribution in [1.82, 2.24) is 15.5 Å². The number of nitrogens with two attached hydrogens (primary N) is 2. The number of hydrogen-bond acceptors (Lipinski definition) is 12. The Morgan fingerprint density at radius 3 is 2.11 bits per heavy atom. The first kappa shape index (κ1) is 41.3. The highest BCUT2D eigenvalue weighted by atomic mass is 16.7. The molecular formula is C35H43N7O11. The first-order valence-electron chi connectivity index (χ1n) is 16.9. The molecule has 0 radical (unpaired) electrons. The molecule has 18 nitrogen and oxygen atoms in total. The van der Waals surface area contributed by atoms with Gasteiger partial charge in [0.25, 0.3) is 17.5 Å². The van der Waals surface area contributed by atoms with Crippen LogP contribution in [0.4, 0.5) is 21.0 Å². The summed E-state index contributed by atoms with van der Waals surface area (Å²) < 4.78 is 10.1. The first-order valence-corrected chi connectivity index (χ1v) is 16.9. The highest BCUT2D eigenvalue weighted by Gasteiger charge is 2.33. The van der Waals surface area contributed by atoms with Crippen molar-refractivity contribution >= 4 is 53.1 Å². The van der Waals surface area contributed by atoms with Crippen LogP contribution in [0.3, 0.4) is 0 Å². The molecule has 1 heterocycles. The van der Waals surface area contributed by atoms with Crippen LogP contribution in [0.25, 0.3) is 0 Å². The molecule has 6 N–H and O–H groups in total. The fraction of sp³-hybridized carbons (Fsp3) is 0.400. The zero-order valence-corrected chi connectivity index (χ0v) is 29.4. The van der Waals surface area contributed by atoms with Gasteiger partial charge in [-0.3, -0.25) is 49.2 Å². The number of carbonyl (C=O) groups is 7. The average Bonchev–Trinajstić information content (AvgIpc) is 3.43. The summed E-state index contributed by atoms with van der Waals surface area (Å²) in [6.45, 7) is 3.55. The highest BCUT2D eigenvalue weighted by molar-refractivity contribution is 6.12. The van der Waals surface area contributed by atoms with E-state index in [4.69, 9.17) is 20.9 Å². The largest absolute Gasteiger partial charge is 0.514 e. The number of hydrogen-bond donors (Lipinski definition) is 4. The maximum absolute atomic E-state index is 13.5. The maximum Gasteiger partial charge on any atom is 0.514 e. The molecule has 7 amide bonds. The number of ether oxygens (including phenoxy) is 2. The summed E-state index contributed by atoms with van der Waals surface area (Å²) in [5.41, 5.74) is 11.9. The zero-order chi connectivity index (χ0) is 39.1. The van der Waals surface area contributed by atoms with Gasteiger partial charge in [0.05, 0.1) is 4.92 Å². The number of rotatable bonds is 19. The average molecular weight is 738 g/mol. The standard InChI is InChI=1S/C35H43N7O11/c1-22(2)31(38-28(43)8-4-3-5-20-40-29(44)17-18-30(40)45)33(47)39-32(46)27(7-6-19-36)41(34(37)48)24-11-9-23(10-12-24)21-52-35(49)53-26-15-13-25(14-16-26)42(50)51/h9-18,22,27,31H,3-8,19-21,36H2,1-2H3,(H2,37,48)(H,38,43)(H,39,46,47)/t27-,31-/m0/s1. The van der Waals surface area contributed by atoms with E-state index in [1.807, 2.05) is 0 Å². The summed E-state index contributed by atoms with van der Waals surface area (Å²) in [5, 5.41) is 15.8. The van der Waals surface area contributed by atoms with Crippen molar-refractivity contribution in [3.8, 4) is 5.75 Å². The van der Waals surface area contributed by atoms with Crippen LogP contribution < -0.4 is 31.7 Å². The predicted octanol–water partition coefficient (Wildman–Crippen LogP) is 2.57. The van der Waals surface area contributed by atoms with Crippen LogP contribution in [0.15, 0.2) is 60.7 Å². The van der Waals surface area contributed by atoms with E-state index in [1.165, 1.54) is 60.7 Å². The van der Waals surface area contributed by atoms with E-state index in [2.05, 4.69) is 10.6 Å². The van der Waals surface area contributed by atoms with Crippen molar-refractivity contribution in [3.05, 3.63) is 76.4 Å². The van der Waals surface area contributed by atoms with Gasteiger partial charge >= 0.3 is 12.2 Å².